The second-order valence-corrected chi connectivity index (χ2v) is 5.45. The Morgan fingerprint density at radius 2 is 2.15 bits per heavy atom. The normalized spacial score (nSPS) is 22.9. The van der Waals surface area contributed by atoms with Crippen molar-refractivity contribution in [2.75, 3.05) is 0 Å². The zero-order valence-corrected chi connectivity index (χ0v) is 11.5. The fourth-order valence-corrected chi connectivity index (χ4v) is 2.86. The van der Waals surface area contributed by atoms with E-state index in [2.05, 4.69) is 28.5 Å². The minimum absolute atomic E-state index is 0.121. The summed E-state index contributed by atoms with van der Waals surface area (Å²) in [7, 11) is 0. The number of rotatable bonds is 2. The lowest BCUT2D eigenvalue weighted by atomic mass is 9.93. The molecule has 0 amide bonds. The van der Waals surface area contributed by atoms with Gasteiger partial charge in [0.2, 0.25) is 0 Å². The molecule has 0 radical (unpaired) electrons. The van der Waals surface area contributed by atoms with Crippen molar-refractivity contribution in [3.05, 3.63) is 41.6 Å². The lowest BCUT2D eigenvalue weighted by Crippen LogP contribution is -2.42. The van der Waals surface area contributed by atoms with Crippen molar-refractivity contribution in [3.63, 3.8) is 0 Å². The number of nitrogens with zero attached hydrogens (tertiary/aromatic N) is 1. The van der Waals surface area contributed by atoms with Gasteiger partial charge in [-0.3, -0.25) is 15.1 Å². The van der Waals surface area contributed by atoms with E-state index in [-0.39, 0.29) is 6.04 Å². The standard InChI is InChI=1S/C16H18N2O2/c1-10-5-6-11-9-12(7-8-14(11)17-10)13-3-2-4-15(18-13)16(19)20/h5-9,13,15,18H,2-4H2,1H3,(H,19,20). The summed E-state index contributed by atoms with van der Waals surface area (Å²) in [6.45, 7) is 1.98. The Balaban J connectivity index is 1.90. The smallest absolute Gasteiger partial charge is 0.320 e. The Kier molecular flexibility index (Phi) is 3.40. The number of benzene rings is 1. The van der Waals surface area contributed by atoms with Crippen molar-refractivity contribution in [1.29, 1.82) is 0 Å². The molecule has 1 aromatic carbocycles. The Labute approximate surface area is 117 Å². The number of aliphatic carboxylic acids is 1. The third-order valence-electron chi connectivity index (χ3n) is 3.94. The van der Waals surface area contributed by atoms with Crippen LogP contribution in [0.25, 0.3) is 10.9 Å². The molecule has 1 aliphatic heterocycles. The molecule has 1 fully saturated rings. The van der Waals surface area contributed by atoms with E-state index in [1.165, 1.54) is 0 Å². The Morgan fingerprint density at radius 3 is 2.95 bits per heavy atom. The molecular weight excluding hydrogens is 252 g/mol. The summed E-state index contributed by atoms with van der Waals surface area (Å²) in [4.78, 5) is 15.6. The number of hydrogen-bond acceptors (Lipinski definition) is 3. The summed E-state index contributed by atoms with van der Waals surface area (Å²) < 4.78 is 0. The maximum atomic E-state index is 11.1. The number of pyridine rings is 1. The first kappa shape index (κ1) is 13.1. The molecule has 2 heterocycles. The molecule has 20 heavy (non-hydrogen) atoms. The van der Waals surface area contributed by atoms with Crippen LogP contribution in [0.3, 0.4) is 0 Å². The highest BCUT2D eigenvalue weighted by Gasteiger charge is 2.26. The highest BCUT2D eigenvalue weighted by atomic mass is 16.4. The number of nitrogens with one attached hydrogen (secondary N) is 1. The molecule has 0 bridgehead atoms. The number of carboxylic acid groups (broad SMARTS) is 1. The van der Waals surface area contributed by atoms with Gasteiger partial charge in [0.05, 0.1) is 5.52 Å². The van der Waals surface area contributed by atoms with Crippen LogP contribution >= 0.6 is 0 Å². The molecule has 0 aliphatic carbocycles. The van der Waals surface area contributed by atoms with E-state index in [1.807, 2.05) is 19.1 Å². The lowest BCUT2D eigenvalue weighted by Gasteiger charge is -2.29. The van der Waals surface area contributed by atoms with Crippen LogP contribution < -0.4 is 5.32 Å². The zero-order chi connectivity index (χ0) is 14.1. The van der Waals surface area contributed by atoms with Crippen LogP contribution in [0.1, 0.15) is 36.6 Å². The van der Waals surface area contributed by atoms with Gasteiger partial charge in [-0.05, 0) is 49.9 Å². The SMILES string of the molecule is Cc1ccc2cc(C3CCCC(C(=O)O)N3)ccc2n1. The van der Waals surface area contributed by atoms with Crippen LogP contribution in [-0.2, 0) is 4.79 Å². The van der Waals surface area contributed by atoms with Gasteiger partial charge < -0.3 is 5.11 Å². The molecule has 2 N–H and O–H groups in total. The van der Waals surface area contributed by atoms with Crippen molar-refractivity contribution in [1.82, 2.24) is 10.3 Å². The van der Waals surface area contributed by atoms with Crippen LogP contribution in [-0.4, -0.2) is 22.1 Å². The van der Waals surface area contributed by atoms with Crippen molar-refractivity contribution in [2.45, 2.75) is 38.3 Å². The van der Waals surface area contributed by atoms with Gasteiger partial charge in [-0.15, -0.1) is 0 Å². The van der Waals surface area contributed by atoms with Gasteiger partial charge in [0, 0.05) is 17.1 Å². The first-order chi connectivity index (χ1) is 9.63. The van der Waals surface area contributed by atoms with Crippen LogP contribution in [0.2, 0.25) is 0 Å². The third-order valence-corrected chi connectivity index (χ3v) is 3.94. The molecule has 104 valence electrons. The van der Waals surface area contributed by atoms with Gasteiger partial charge in [-0.2, -0.15) is 0 Å². The molecule has 4 heteroatoms. The average Bonchev–Trinajstić information content (AvgIpc) is 2.47. The summed E-state index contributed by atoms with van der Waals surface area (Å²) in [6, 6.07) is 9.94. The second kappa shape index (κ2) is 5.21. The Hall–Kier alpha value is -1.94. The van der Waals surface area contributed by atoms with Crippen LogP contribution in [0.5, 0.6) is 0 Å². The maximum Gasteiger partial charge on any atom is 0.320 e. The highest BCUT2D eigenvalue weighted by molar-refractivity contribution is 5.79. The largest absolute Gasteiger partial charge is 0.480 e. The fraction of sp³-hybridized carbons (Fsp3) is 0.375. The predicted octanol–water partition coefficient (Wildman–Crippen LogP) is 2.81. The summed E-state index contributed by atoms with van der Waals surface area (Å²) in [5.74, 6) is -0.757. The van der Waals surface area contributed by atoms with E-state index >= 15 is 0 Å². The van der Waals surface area contributed by atoms with Gasteiger partial charge in [0.15, 0.2) is 0 Å². The number of carboxylic acids is 1. The second-order valence-electron chi connectivity index (χ2n) is 5.45. The van der Waals surface area contributed by atoms with E-state index in [4.69, 9.17) is 5.11 Å². The number of piperidine rings is 1. The van der Waals surface area contributed by atoms with E-state index in [9.17, 15) is 4.79 Å². The predicted molar refractivity (Wildman–Crippen MR) is 77.6 cm³/mol. The van der Waals surface area contributed by atoms with Crippen LogP contribution in [0.15, 0.2) is 30.3 Å². The quantitative estimate of drug-likeness (QED) is 0.881. The minimum Gasteiger partial charge on any atom is -0.480 e. The van der Waals surface area contributed by atoms with Crippen molar-refractivity contribution >= 4 is 16.9 Å². The molecular formula is C16H18N2O2. The number of carbonyl (C=O) groups is 1. The van der Waals surface area contributed by atoms with Crippen molar-refractivity contribution in [3.8, 4) is 0 Å². The number of hydrogen-bond donors (Lipinski definition) is 2. The van der Waals surface area contributed by atoms with E-state index in [1.54, 1.807) is 0 Å². The molecule has 2 unspecified atom stereocenters. The van der Waals surface area contributed by atoms with Crippen molar-refractivity contribution in [2.24, 2.45) is 0 Å². The molecule has 4 nitrogen and oxygen atoms in total. The first-order valence-electron chi connectivity index (χ1n) is 6.99. The average molecular weight is 270 g/mol. The van der Waals surface area contributed by atoms with Crippen LogP contribution in [0, 0.1) is 6.92 Å². The van der Waals surface area contributed by atoms with E-state index in [0.29, 0.717) is 6.42 Å². The minimum atomic E-state index is -0.757. The number of aromatic nitrogens is 1. The lowest BCUT2D eigenvalue weighted by molar-refractivity contribution is -0.140. The van der Waals surface area contributed by atoms with Gasteiger partial charge in [-0.1, -0.05) is 12.1 Å². The first-order valence-corrected chi connectivity index (χ1v) is 6.99. The molecule has 0 saturated carbocycles. The van der Waals surface area contributed by atoms with Gasteiger partial charge in [-0.25, -0.2) is 0 Å². The Morgan fingerprint density at radius 1 is 1.30 bits per heavy atom. The van der Waals surface area contributed by atoms with Gasteiger partial charge in [0.25, 0.3) is 0 Å². The monoisotopic (exact) mass is 270 g/mol. The fourth-order valence-electron chi connectivity index (χ4n) is 2.86. The van der Waals surface area contributed by atoms with Crippen molar-refractivity contribution < 1.29 is 9.90 Å². The molecule has 3 rings (SSSR count). The summed E-state index contributed by atoms with van der Waals surface area (Å²) in [6.07, 6.45) is 2.63. The molecule has 0 spiro atoms. The van der Waals surface area contributed by atoms with Gasteiger partial charge in [0.1, 0.15) is 6.04 Å². The van der Waals surface area contributed by atoms with Crippen LogP contribution in [0.4, 0.5) is 0 Å². The summed E-state index contributed by atoms with van der Waals surface area (Å²) >= 11 is 0. The molecule has 2 aromatic rings. The summed E-state index contributed by atoms with van der Waals surface area (Å²) in [5, 5.41) is 13.5. The maximum absolute atomic E-state index is 11.1. The zero-order valence-electron chi connectivity index (χ0n) is 11.5. The molecule has 1 aromatic heterocycles. The van der Waals surface area contributed by atoms with Gasteiger partial charge >= 0.3 is 5.97 Å². The molecule has 1 aliphatic rings. The highest BCUT2D eigenvalue weighted by Crippen LogP contribution is 2.27. The summed E-state index contributed by atoms with van der Waals surface area (Å²) in [5.41, 5.74) is 3.14. The topological polar surface area (TPSA) is 62.2 Å². The molecule has 2 atom stereocenters. The number of fused-ring (bicyclic) bond motifs is 1. The van der Waals surface area contributed by atoms with E-state index < -0.39 is 12.0 Å². The van der Waals surface area contributed by atoms with E-state index in [0.717, 1.165) is 35.0 Å². The Bertz CT molecular complexity index is 654. The third kappa shape index (κ3) is 2.51. The molecule has 1 saturated heterocycles. The number of aryl methyl sites for hydroxylation is 1.